The molecule has 0 radical (unpaired) electrons. The minimum Gasteiger partial charge on any atom is -0.489 e. The van der Waals surface area contributed by atoms with E-state index in [0.29, 0.717) is 20.9 Å². The van der Waals surface area contributed by atoms with E-state index in [1.807, 2.05) is 54.6 Å². The standard InChI is InChI=1S/C17H12ClNO2S2/c18-13-5-1-12(2-6-13)10-21-14-7-3-11(4-8-14)9-15-16(20)19-17(22)23-15/h1-9H,10H2,(H,19,20,22)/b15-9-. The molecule has 0 spiro atoms. The zero-order valence-corrected chi connectivity index (χ0v) is 14.3. The Labute approximate surface area is 148 Å². The van der Waals surface area contributed by atoms with Gasteiger partial charge in [0.15, 0.2) is 0 Å². The summed E-state index contributed by atoms with van der Waals surface area (Å²) in [6.07, 6.45) is 1.81. The van der Waals surface area contributed by atoms with Crippen molar-refractivity contribution in [2.75, 3.05) is 0 Å². The fraction of sp³-hybridized carbons (Fsp3) is 0.0588. The topological polar surface area (TPSA) is 38.3 Å². The van der Waals surface area contributed by atoms with E-state index in [4.69, 9.17) is 28.6 Å². The Bertz CT molecular complexity index is 770. The highest BCUT2D eigenvalue weighted by Gasteiger charge is 2.21. The molecule has 1 amide bonds. The van der Waals surface area contributed by atoms with Gasteiger partial charge in [0.25, 0.3) is 5.91 Å². The predicted molar refractivity (Wildman–Crippen MR) is 98.5 cm³/mol. The lowest BCUT2D eigenvalue weighted by Gasteiger charge is -2.06. The van der Waals surface area contributed by atoms with Crippen molar-refractivity contribution in [3.8, 4) is 5.75 Å². The highest BCUT2D eigenvalue weighted by atomic mass is 35.5. The van der Waals surface area contributed by atoms with E-state index in [9.17, 15) is 4.79 Å². The molecule has 0 atom stereocenters. The van der Waals surface area contributed by atoms with Crippen LogP contribution in [0.5, 0.6) is 5.75 Å². The predicted octanol–water partition coefficient (Wildman–Crippen LogP) is 4.41. The van der Waals surface area contributed by atoms with E-state index in [2.05, 4.69) is 5.32 Å². The number of hydrogen-bond acceptors (Lipinski definition) is 4. The fourth-order valence-electron chi connectivity index (χ4n) is 1.98. The van der Waals surface area contributed by atoms with Crippen LogP contribution in [0.15, 0.2) is 53.4 Å². The third-order valence-electron chi connectivity index (χ3n) is 3.14. The minimum absolute atomic E-state index is 0.150. The van der Waals surface area contributed by atoms with Crippen molar-refractivity contribution < 1.29 is 9.53 Å². The maximum absolute atomic E-state index is 11.6. The molecule has 3 rings (SSSR count). The number of ether oxygens (including phenoxy) is 1. The van der Waals surface area contributed by atoms with Crippen molar-refractivity contribution in [2.24, 2.45) is 0 Å². The first-order valence-corrected chi connectivity index (χ1v) is 8.42. The summed E-state index contributed by atoms with van der Waals surface area (Å²) >= 11 is 12.1. The second kappa shape index (κ2) is 7.17. The van der Waals surface area contributed by atoms with Crippen LogP contribution in [-0.4, -0.2) is 10.2 Å². The van der Waals surface area contributed by atoms with Crippen LogP contribution in [0.1, 0.15) is 11.1 Å². The highest BCUT2D eigenvalue weighted by molar-refractivity contribution is 8.26. The number of thiocarbonyl (C=S) groups is 1. The molecule has 1 fully saturated rings. The van der Waals surface area contributed by atoms with Gasteiger partial charge < -0.3 is 10.1 Å². The zero-order chi connectivity index (χ0) is 16.2. The molecule has 1 aliphatic rings. The number of rotatable bonds is 4. The number of carbonyl (C=O) groups is 1. The second-order valence-electron chi connectivity index (χ2n) is 4.84. The maximum atomic E-state index is 11.6. The third kappa shape index (κ3) is 4.34. The number of amides is 1. The summed E-state index contributed by atoms with van der Waals surface area (Å²) in [6.45, 7) is 0.476. The molecular formula is C17H12ClNO2S2. The SMILES string of the molecule is O=C1NC(=S)S/C1=C\c1ccc(OCc2ccc(Cl)cc2)cc1. The molecule has 1 N–H and O–H groups in total. The van der Waals surface area contributed by atoms with Crippen LogP contribution in [0, 0.1) is 0 Å². The molecule has 0 bridgehead atoms. The van der Waals surface area contributed by atoms with E-state index in [-0.39, 0.29) is 5.91 Å². The van der Waals surface area contributed by atoms with E-state index in [0.717, 1.165) is 16.9 Å². The lowest BCUT2D eigenvalue weighted by atomic mass is 10.2. The zero-order valence-electron chi connectivity index (χ0n) is 11.9. The van der Waals surface area contributed by atoms with E-state index in [1.54, 1.807) is 0 Å². The molecule has 0 unspecified atom stereocenters. The average molecular weight is 362 g/mol. The highest BCUT2D eigenvalue weighted by Crippen LogP contribution is 2.26. The Balaban J connectivity index is 1.63. The molecule has 0 aromatic heterocycles. The van der Waals surface area contributed by atoms with E-state index < -0.39 is 0 Å². The van der Waals surface area contributed by atoms with Gasteiger partial charge in [-0.15, -0.1) is 0 Å². The molecule has 0 saturated carbocycles. The lowest BCUT2D eigenvalue weighted by molar-refractivity contribution is -0.115. The fourth-order valence-corrected chi connectivity index (χ4v) is 3.15. The molecule has 0 aliphatic carbocycles. The molecule has 3 nitrogen and oxygen atoms in total. The summed E-state index contributed by atoms with van der Waals surface area (Å²) in [5.41, 5.74) is 1.97. The van der Waals surface area contributed by atoms with Gasteiger partial charge in [-0.25, -0.2) is 0 Å². The molecule has 116 valence electrons. The van der Waals surface area contributed by atoms with E-state index >= 15 is 0 Å². The van der Waals surface area contributed by atoms with Crippen molar-refractivity contribution >= 4 is 51.9 Å². The summed E-state index contributed by atoms with van der Waals surface area (Å²) in [5, 5.41) is 3.30. The Morgan fingerprint density at radius 3 is 2.43 bits per heavy atom. The van der Waals surface area contributed by atoms with Crippen molar-refractivity contribution in [3.63, 3.8) is 0 Å². The number of halogens is 1. The van der Waals surface area contributed by atoms with Crippen molar-refractivity contribution in [3.05, 3.63) is 69.6 Å². The molecular weight excluding hydrogens is 350 g/mol. The third-order valence-corrected chi connectivity index (χ3v) is 4.55. The summed E-state index contributed by atoms with van der Waals surface area (Å²) < 4.78 is 6.22. The van der Waals surface area contributed by atoms with Gasteiger partial charge >= 0.3 is 0 Å². The summed E-state index contributed by atoms with van der Waals surface area (Å²) in [4.78, 5) is 12.2. The summed E-state index contributed by atoms with van der Waals surface area (Å²) in [5.74, 6) is 0.615. The Hall–Kier alpha value is -1.82. The number of hydrogen-bond donors (Lipinski definition) is 1. The van der Waals surface area contributed by atoms with Gasteiger partial charge in [0, 0.05) is 5.02 Å². The normalized spacial score (nSPS) is 15.8. The van der Waals surface area contributed by atoms with Crippen molar-refractivity contribution in [1.82, 2.24) is 5.32 Å². The van der Waals surface area contributed by atoms with Gasteiger partial charge in [-0.05, 0) is 41.5 Å². The summed E-state index contributed by atoms with van der Waals surface area (Å²) in [7, 11) is 0. The quantitative estimate of drug-likeness (QED) is 0.646. The van der Waals surface area contributed by atoms with Gasteiger partial charge in [0.1, 0.15) is 16.7 Å². The lowest BCUT2D eigenvalue weighted by Crippen LogP contribution is -2.17. The van der Waals surface area contributed by atoms with Gasteiger partial charge in [-0.3, -0.25) is 4.79 Å². The molecule has 1 saturated heterocycles. The number of nitrogens with one attached hydrogen (secondary N) is 1. The second-order valence-corrected chi connectivity index (χ2v) is 6.99. The number of thioether (sulfide) groups is 1. The smallest absolute Gasteiger partial charge is 0.263 e. The maximum Gasteiger partial charge on any atom is 0.263 e. The van der Waals surface area contributed by atoms with Gasteiger partial charge in [0.2, 0.25) is 0 Å². The van der Waals surface area contributed by atoms with Gasteiger partial charge in [-0.1, -0.05) is 59.8 Å². The Morgan fingerprint density at radius 2 is 1.83 bits per heavy atom. The number of benzene rings is 2. The first-order valence-electron chi connectivity index (χ1n) is 6.82. The van der Waals surface area contributed by atoms with Crippen LogP contribution in [0.2, 0.25) is 5.02 Å². The first kappa shape index (κ1) is 16.1. The van der Waals surface area contributed by atoms with Crippen LogP contribution in [0.4, 0.5) is 0 Å². The van der Waals surface area contributed by atoms with Crippen LogP contribution in [0.25, 0.3) is 6.08 Å². The van der Waals surface area contributed by atoms with Crippen LogP contribution < -0.4 is 10.1 Å². The molecule has 1 heterocycles. The number of carbonyl (C=O) groups excluding carboxylic acids is 1. The first-order chi connectivity index (χ1) is 11.1. The van der Waals surface area contributed by atoms with Crippen molar-refractivity contribution in [1.29, 1.82) is 0 Å². The van der Waals surface area contributed by atoms with Crippen LogP contribution in [-0.2, 0) is 11.4 Å². The van der Waals surface area contributed by atoms with Gasteiger partial charge in [-0.2, -0.15) is 0 Å². The Kier molecular flexibility index (Phi) is 5.00. The molecule has 2 aromatic rings. The molecule has 1 aliphatic heterocycles. The van der Waals surface area contributed by atoms with Crippen LogP contribution >= 0.6 is 35.6 Å². The summed E-state index contributed by atoms with van der Waals surface area (Å²) in [6, 6.07) is 15.1. The minimum atomic E-state index is -0.150. The molecule has 2 aromatic carbocycles. The molecule has 23 heavy (non-hydrogen) atoms. The van der Waals surface area contributed by atoms with Crippen LogP contribution in [0.3, 0.4) is 0 Å². The average Bonchev–Trinajstić information content (AvgIpc) is 2.86. The van der Waals surface area contributed by atoms with E-state index in [1.165, 1.54) is 11.8 Å². The van der Waals surface area contributed by atoms with Gasteiger partial charge in [0.05, 0.1) is 4.91 Å². The molecule has 6 heteroatoms. The monoisotopic (exact) mass is 361 g/mol. The Morgan fingerprint density at radius 1 is 1.13 bits per heavy atom. The van der Waals surface area contributed by atoms with Crippen molar-refractivity contribution in [2.45, 2.75) is 6.61 Å². The largest absolute Gasteiger partial charge is 0.489 e.